The van der Waals surface area contributed by atoms with Gasteiger partial charge in [0.2, 0.25) is 0 Å². The van der Waals surface area contributed by atoms with Crippen molar-refractivity contribution >= 4 is 23.4 Å². The van der Waals surface area contributed by atoms with E-state index in [4.69, 9.17) is 0 Å². The first-order valence-electron chi connectivity index (χ1n) is 7.99. The van der Waals surface area contributed by atoms with E-state index in [0.29, 0.717) is 6.42 Å². The molecule has 0 fully saturated rings. The molecule has 2 aromatic carbocycles. The van der Waals surface area contributed by atoms with Crippen molar-refractivity contribution in [1.82, 2.24) is 9.80 Å². The fourth-order valence-electron chi connectivity index (χ4n) is 2.22. The lowest BCUT2D eigenvalue weighted by atomic mass is 10.0. The van der Waals surface area contributed by atoms with E-state index >= 15 is 0 Å². The zero-order valence-corrected chi connectivity index (χ0v) is 15.0. The maximum atomic E-state index is 11.8. The van der Waals surface area contributed by atoms with Gasteiger partial charge in [-0.3, -0.25) is 0 Å². The summed E-state index contributed by atoms with van der Waals surface area (Å²) in [6.07, 6.45) is 0.706. The summed E-state index contributed by atoms with van der Waals surface area (Å²) in [5, 5.41) is 5.68. The van der Waals surface area contributed by atoms with Crippen molar-refractivity contribution < 1.29 is 9.59 Å². The summed E-state index contributed by atoms with van der Waals surface area (Å²) in [5.74, 6) is 0. The predicted molar refractivity (Wildman–Crippen MR) is 101 cm³/mol. The quantitative estimate of drug-likeness (QED) is 0.895. The molecule has 0 radical (unpaired) electrons. The van der Waals surface area contributed by atoms with E-state index in [2.05, 4.69) is 10.6 Å². The fraction of sp³-hybridized carbons (Fsp3) is 0.263. The second-order valence-corrected chi connectivity index (χ2v) is 6.23. The van der Waals surface area contributed by atoms with E-state index < -0.39 is 0 Å². The molecule has 2 N–H and O–H groups in total. The van der Waals surface area contributed by atoms with Gasteiger partial charge in [-0.1, -0.05) is 24.3 Å². The number of hydrogen-bond acceptors (Lipinski definition) is 2. The van der Waals surface area contributed by atoms with Crippen molar-refractivity contribution in [1.29, 1.82) is 0 Å². The summed E-state index contributed by atoms with van der Waals surface area (Å²) in [4.78, 5) is 26.5. The zero-order valence-electron chi connectivity index (χ0n) is 15.0. The van der Waals surface area contributed by atoms with Crippen LogP contribution in [0, 0.1) is 0 Å². The van der Waals surface area contributed by atoms with E-state index in [0.717, 1.165) is 22.5 Å². The molecule has 0 aromatic heterocycles. The minimum Gasteiger partial charge on any atom is -0.331 e. The molecular formula is C19H24N4O2. The second kappa shape index (κ2) is 8.19. The number of carbonyl (C=O) groups is 2. The van der Waals surface area contributed by atoms with Crippen LogP contribution in [0.1, 0.15) is 11.1 Å². The van der Waals surface area contributed by atoms with Gasteiger partial charge in [0, 0.05) is 39.6 Å². The number of carbonyl (C=O) groups excluding carboxylic acids is 2. The van der Waals surface area contributed by atoms with Gasteiger partial charge >= 0.3 is 12.1 Å². The molecule has 0 bridgehead atoms. The molecule has 0 saturated heterocycles. The van der Waals surface area contributed by atoms with Crippen LogP contribution in [0.25, 0.3) is 0 Å². The van der Waals surface area contributed by atoms with Crippen LogP contribution in [0.15, 0.2) is 48.5 Å². The summed E-state index contributed by atoms with van der Waals surface area (Å²) < 4.78 is 0. The predicted octanol–water partition coefficient (Wildman–Crippen LogP) is 3.46. The van der Waals surface area contributed by atoms with Crippen molar-refractivity contribution in [2.45, 2.75) is 6.42 Å². The molecule has 132 valence electrons. The van der Waals surface area contributed by atoms with Crippen LogP contribution in [0.5, 0.6) is 0 Å². The van der Waals surface area contributed by atoms with E-state index in [1.807, 2.05) is 48.5 Å². The highest BCUT2D eigenvalue weighted by Crippen LogP contribution is 2.18. The molecule has 0 aliphatic rings. The highest BCUT2D eigenvalue weighted by atomic mass is 16.2. The van der Waals surface area contributed by atoms with Gasteiger partial charge in [-0.25, -0.2) is 9.59 Å². The first-order chi connectivity index (χ1) is 11.8. The molecule has 0 saturated carbocycles. The summed E-state index contributed by atoms with van der Waals surface area (Å²) in [5.41, 5.74) is 3.67. The van der Waals surface area contributed by atoms with Crippen molar-refractivity contribution in [2.75, 3.05) is 38.8 Å². The van der Waals surface area contributed by atoms with E-state index in [1.54, 1.807) is 28.2 Å². The van der Waals surface area contributed by atoms with Gasteiger partial charge in [0.25, 0.3) is 0 Å². The second-order valence-electron chi connectivity index (χ2n) is 6.23. The third-order valence-electron chi connectivity index (χ3n) is 3.58. The van der Waals surface area contributed by atoms with Crippen LogP contribution in [-0.4, -0.2) is 50.1 Å². The standard InChI is InChI=1S/C19H24N4O2/c1-22(2)18(24)20-16-9-5-7-14(12-16)11-15-8-6-10-17(13-15)21-19(25)23(3)4/h5-10,12-13H,11H2,1-4H3,(H,20,24)(H,21,25). The van der Waals surface area contributed by atoms with Crippen LogP contribution in [0.2, 0.25) is 0 Å². The van der Waals surface area contributed by atoms with Gasteiger partial charge in [-0.05, 0) is 41.8 Å². The van der Waals surface area contributed by atoms with E-state index in [9.17, 15) is 9.59 Å². The van der Waals surface area contributed by atoms with Gasteiger partial charge in [-0.2, -0.15) is 0 Å². The Kier molecular flexibility index (Phi) is 6.00. The topological polar surface area (TPSA) is 64.7 Å². The highest BCUT2D eigenvalue weighted by molar-refractivity contribution is 5.89. The normalized spacial score (nSPS) is 10.1. The summed E-state index contributed by atoms with van der Waals surface area (Å²) >= 11 is 0. The summed E-state index contributed by atoms with van der Waals surface area (Å²) in [6, 6.07) is 15.1. The molecule has 0 unspecified atom stereocenters. The number of hydrogen-bond donors (Lipinski definition) is 2. The Morgan fingerprint density at radius 1 is 0.760 bits per heavy atom. The third-order valence-corrected chi connectivity index (χ3v) is 3.58. The monoisotopic (exact) mass is 340 g/mol. The Morgan fingerprint density at radius 2 is 1.16 bits per heavy atom. The maximum absolute atomic E-state index is 11.8. The average molecular weight is 340 g/mol. The first-order valence-corrected chi connectivity index (χ1v) is 7.99. The van der Waals surface area contributed by atoms with Gasteiger partial charge in [-0.15, -0.1) is 0 Å². The molecule has 2 rings (SSSR count). The van der Waals surface area contributed by atoms with Crippen molar-refractivity contribution in [3.63, 3.8) is 0 Å². The zero-order chi connectivity index (χ0) is 18.4. The highest BCUT2D eigenvalue weighted by Gasteiger charge is 2.06. The van der Waals surface area contributed by atoms with E-state index in [-0.39, 0.29) is 12.1 Å². The van der Waals surface area contributed by atoms with Gasteiger partial charge in [0.15, 0.2) is 0 Å². The molecule has 0 aliphatic heterocycles. The van der Waals surface area contributed by atoms with Crippen molar-refractivity contribution in [2.24, 2.45) is 0 Å². The summed E-state index contributed by atoms with van der Waals surface area (Å²) in [6.45, 7) is 0. The number of nitrogens with zero attached hydrogens (tertiary/aromatic N) is 2. The number of benzene rings is 2. The number of urea groups is 2. The van der Waals surface area contributed by atoms with Crippen LogP contribution in [-0.2, 0) is 6.42 Å². The fourth-order valence-corrected chi connectivity index (χ4v) is 2.22. The minimum absolute atomic E-state index is 0.162. The minimum atomic E-state index is -0.162. The lowest BCUT2D eigenvalue weighted by Crippen LogP contribution is -2.27. The van der Waals surface area contributed by atoms with Crippen LogP contribution in [0.3, 0.4) is 0 Å². The van der Waals surface area contributed by atoms with Crippen molar-refractivity contribution in [3.8, 4) is 0 Å². The lowest BCUT2D eigenvalue weighted by molar-refractivity contribution is 0.230. The van der Waals surface area contributed by atoms with Gasteiger partial charge < -0.3 is 20.4 Å². The Balaban J connectivity index is 2.09. The Labute approximate surface area is 148 Å². The molecule has 4 amide bonds. The van der Waals surface area contributed by atoms with E-state index in [1.165, 1.54) is 9.80 Å². The molecular weight excluding hydrogens is 316 g/mol. The maximum Gasteiger partial charge on any atom is 0.321 e. The number of rotatable bonds is 4. The number of nitrogens with one attached hydrogen (secondary N) is 2. The number of amides is 4. The van der Waals surface area contributed by atoms with Gasteiger partial charge in [0.1, 0.15) is 0 Å². The lowest BCUT2D eigenvalue weighted by Gasteiger charge is -2.14. The summed E-state index contributed by atoms with van der Waals surface area (Å²) in [7, 11) is 6.80. The molecule has 0 aliphatic carbocycles. The van der Waals surface area contributed by atoms with Gasteiger partial charge in [0.05, 0.1) is 0 Å². The molecule has 0 heterocycles. The Bertz CT molecular complexity index is 693. The molecule has 0 atom stereocenters. The molecule has 6 nitrogen and oxygen atoms in total. The Morgan fingerprint density at radius 3 is 1.52 bits per heavy atom. The average Bonchev–Trinajstić information content (AvgIpc) is 2.55. The van der Waals surface area contributed by atoms with Crippen LogP contribution < -0.4 is 10.6 Å². The smallest absolute Gasteiger partial charge is 0.321 e. The molecule has 6 heteroatoms. The van der Waals surface area contributed by atoms with Crippen LogP contribution in [0.4, 0.5) is 21.0 Å². The largest absolute Gasteiger partial charge is 0.331 e. The Hall–Kier alpha value is -3.02. The number of anilines is 2. The third kappa shape index (κ3) is 5.53. The molecule has 0 spiro atoms. The van der Waals surface area contributed by atoms with Crippen molar-refractivity contribution in [3.05, 3.63) is 59.7 Å². The SMILES string of the molecule is CN(C)C(=O)Nc1cccc(Cc2cccc(NC(=O)N(C)C)c2)c1. The molecule has 2 aromatic rings. The molecule has 25 heavy (non-hydrogen) atoms. The van der Waals surface area contributed by atoms with Crippen LogP contribution >= 0.6 is 0 Å². The first kappa shape index (κ1) is 18.3.